The van der Waals surface area contributed by atoms with Crippen LogP contribution in [-0.2, 0) is 11.3 Å². The average Bonchev–Trinajstić information content (AvgIpc) is 2.78. The van der Waals surface area contributed by atoms with Crippen LogP contribution in [0.4, 0.5) is 4.39 Å². The third-order valence-electron chi connectivity index (χ3n) is 6.39. The Morgan fingerprint density at radius 1 is 1.20 bits per heavy atom. The number of nitrogens with one attached hydrogen (secondary N) is 1. The zero-order valence-corrected chi connectivity index (χ0v) is 17.2. The molecule has 7 heteroatoms. The van der Waals surface area contributed by atoms with E-state index in [9.17, 15) is 9.18 Å². The largest absolute Gasteiger partial charge is 0.375 e. The zero-order chi connectivity index (χ0) is 20.8. The number of hydrogen-bond acceptors (Lipinski definition) is 5. The molecule has 2 aliphatic heterocycles. The third kappa shape index (κ3) is 5.21. The normalized spacial score (nSPS) is 21.4. The molecular formula is C23H29FN4O2. The maximum atomic E-state index is 13.9. The molecule has 0 radical (unpaired) electrons. The summed E-state index contributed by atoms with van der Waals surface area (Å²) in [5, 5.41) is 3.02. The highest BCUT2D eigenvalue weighted by Crippen LogP contribution is 2.39. The molecule has 2 aliphatic rings. The molecule has 2 saturated heterocycles. The first kappa shape index (κ1) is 20.9. The molecule has 1 spiro atoms. The Kier molecular flexibility index (Phi) is 6.69. The molecule has 2 aromatic heterocycles. The van der Waals surface area contributed by atoms with Crippen molar-refractivity contribution < 1.29 is 13.9 Å². The van der Waals surface area contributed by atoms with Crippen LogP contribution in [0.25, 0.3) is 0 Å². The van der Waals surface area contributed by atoms with Crippen LogP contribution in [0.3, 0.4) is 0 Å². The van der Waals surface area contributed by atoms with Gasteiger partial charge >= 0.3 is 0 Å². The smallest absolute Gasteiger partial charge is 0.251 e. The molecule has 1 amide bonds. The number of rotatable bonds is 6. The van der Waals surface area contributed by atoms with E-state index in [2.05, 4.69) is 20.2 Å². The van der Waals surface area contributed by atoms with Gasteiger partial charge in [-0.1, -0.05) is 0 Å². The standard InChI is InChI=1S/C23H29FN4O2/c24-21-16-26-10-4-20(21)17-28-12-6-23(7-13-28)15-18(5-14-30-23)1-11-27-22(29)19-2-8-25-9-3-19/h2-4,8-10,16,18H,1,5-7,11-15,17H2,(H,27,29). The Morgan fingerprint density at radius 2 is 1.97 bits per heavy atom. The van der Waals surface area contributed by atoms with Gasteiger partial charge in [-0.05, 0) is 56.2 Å². The number of nitrogens with zero attached hydrogens (tertiary/aromatic N) is 3. The molecule has 0 aliphatic carbocycles. The first-order chi connectivity index (χ1) is 14.6. The number of aromatic nitrogens is 2. The van der Waals surface area contributed by atoms with Crippen LogP contribution in [0.15, 0.2) is 43.0 Å². The predicted molar refractivity (Wildman–Crippen MR) is 111 cm³/mol. The topological polar surface area (TPSA) is 67.3 Å². The van der Waals surface area contributed by atoms with Crippen molar-refractivity contribution in [3.63, 3.8) is 0 Å². The summed E-state index contributed by atoms with van der Waals surface area (Å²) in [7, 11) is 0. The minimum Gasteiger partial charge on any atom is -0.375 e. The van der Waals surface area contributed by atoms with E-state index in [-0.39, 0.29) is 17.3 Å². The summed E-state index contributed by atoms with van der Waals surface area (Å²) in [5.41, 5.74) is 1.28. The molecule has 1 N–H and O–H groups in total. The van der Waals surface area contributed by atoms with Gasteiger partial charge in [-0.15, -0.1) is 0 Å². The molecule has 6 nitrogen and oxygen atoms in total. The number of halogens is 1. The molecule has 0 saturated carbocycles. The van der Waals surface area contributed by atoms with Crippen molar-refractivity contribution in [1.82, 2.24) is 20.2 Å². The summed E-state index contributed by atoms with van der Waals surface area (Å²) in [6, 6.07) is 5.21. The fourth-order valence-electron chi connectivity index (χ4n) is 4.61. The predicted octanol–water partition coefficient (Wildman–Crippen LogP) is 3.20. The van der Waals surface area contributed by atoms with Gasteiger partial charge in [0.1, 0.15) is 5.82 Å². The lowest BCUT2D eigenvalue weighted by Gasteiger charge is -2.46. The number of pyridine rings is 2. The summed E-state index contributed by atoms with van der Waals surface area (Å²) in [6.07, 6.45) is 11.2. The lowest BCUT2D eigenvalue weighted by atomic mass is 9.78. The maximum absolute atomic E-state index is 13.9. The summed E-state index contributed by atoms with van der Waals surface area (Å²) in [5.74, 6) is 0.275. The molecule has 1 atom stereocenters. The first-order valence-corrected chi connectivity index (χ1v) is 10.8. The van der Waals surface area contributed by atoms with Gasteiger partial charge in [0.2, 0.25) is 0 Å². The highest BCUT2D eigenvalue weighted by Gasteiger charge is 2.40. The monoisotopic (exact) mass is 412 g/mol. The molecular weight excluding hydrogens is 383 g/mol. The molecule has 30 heavy (non-hydrogen) atoms. The van der Waals surface area contributed by atoms with Gasteiger partial charge in [0, 0.05) is 62.5 Å². The van der Waals surface area contributed by atoms with Crippen LogP contribution in [0, 0.1) is 11.7 Å². The Labute approximate surface area is 176 Å². The minimum absolute atomic E-state index is 0.0455. The lowest BCUT2D eigenvalue weighted by Crippen LogP contribution is -2.49. The zero-order valence-electron chi connectivity index (χ0n) is 17.2. The van der Waals surface area contributed by atoms with E-state index in [1.807, 2.05) is 0 Å². The SMILES string of the molecule is O=C(NCCC1CCOC2(CCN(Cc3ccncc3F)CC2)C1)c1ccncc1. The summed E-state index contributed by atoms with van der Waals surface area (Å²) < 4.78 is 20.1. The van der Waals surface area contributed by atoms with Gasteiger partial charge < -0.3 is 10.1 Å². The van der Waals surface area contributed by atoms with Gasteiger partial charge in [0.25, 0.3) is 5.91 Å². The number of amides is 1. The van der Waals surface area contributed by atoms with Crippen LogP contribution >= 0.6 is 0 Å². The van der Waals surface area contributed by atoms with Crippen LogP contribution in [0.2, 0.25) is 0 Å². The number of piperidine rings is 1. The van der Waals surface area contributed by atoms with Gasteiger partial charge in [0.15, 0.2) is 0 Å². The Morgan fingerprint density at radius 3 is 2.73 bits per heavy atom. The molecule has 4 rings (SSSR count). The van der Waals surface area contributed by atoms with E-state index in [0.29, 0.717) is 30.1 Å². The molecule has 160 valence electrons. The molecule has 1 unspecified atom stereocenters. The van der Waals surface area contributed by atoms with Gasteiger partial charge in [0.05, 0.1) is 11.8 Å². The second-order valence-corrected chi connectivity index (χ2v) is 8.41. The quantitative estimate of drug-likeness (QED) is 0.789. The number of ether oxygens (including phenoxy) is 1. The summed E-state index contributed by atoms with van der Waals surface area (Å²) in [6.45, 7) is 3.90. The van der Waals surface area contributed by atoms with Crippen molar-refractivity contribution >= 4 is 5.91 Å². The Hall–Kier alpha value is -2.38. The van der Waals surface area contributed by atoms with Crippen molar-refractivity contribution in [1.29, 1.82) is 0 Å². The van der Waals surface area contributed by atoms with E-state index >= 15 is 0 Å². The number of likely N-dealkylation sites (tertiary alicyclic amines) is 1. The van der Waals surface area contributed by atoms with Gasteiger partial charge in [-0.2, -0.15) is 0 Å². The van der Waals surface area contributed by atoms with Crippen LogP contribution in [-0.4, -0.2) is 52.6 Å². The Bertz CT molecular complexity index is 840. The lowest BCUT2D eigenvalue weighted by molar-refractivity contribution is -0.128. The first-order valence-electron chi connectivity index (χ1n) is 10.8. The van der Waals surface area contributed by atoms with E-state index in [0.717, 1.165) is 51.8 Å². The van der Waals surface area contributed by atoms with Crippen LogP contribution < -0.4 is 5.32 Å². The third-order valence-corrected chi connectivity index (χ3v) is 6.39. The maximum Gasteiger partial charge on any atom is 0.251 e. The van der Waals surface area contributed by atoms with Crippen molar-refractivity contribution in [2.45, 2.75) is 44.2 Å². The van der Waals surface area contributed by atoms with E-state index < -0.39 is 0 Å². The second-order valence-electron chi connectivity index (χ2n) is 8.41. The molecule has 0 bridgehead atoms. The van der Waals surface area contributed by atoms with E-state index in [1.165, 1.54) is 6.20 Å². The van der Waals surface area contributed by atoms with Gasteiger partial charge in [-0.25, -0.2) is 4.39 Å². The van der Waals surface area contributed by atoms with E-state index in [1.54, 1.807) is 36.8 Å². The van der Waals surface area contributed by atoms with Gasteiger partial charge in [-0.3, -0.25) is 19.7 Å². The summed E-state index contributed by atoms with van der Waals surface area (Å²) in [4.78, 5) is 22.3. The number of hydrogen-bond donors (Lipinski definition) is 1. The van der Waals surface area contributed by atoms with Crippen molar-refractivity contribution in [3.05, 3.63) is 59.9 Å². The fraction of sp³-hybridized carbons (Fsp3) is 0.522. The number of carbonyl (C=O) groups is 1. The van der Waals surface area contributed by atoms with Crippen molar-refractivity contribution in [2.24, 2.45) is 5.92 Å². The molecule has 2 aromatic rings. The fourth-order valence-corrected chi connectivity index (χ4v) is 4.61. The van der Waals surface area contributed by atoms with Crippen LogP contribution in [0.5, 0.6) is 0 Å². The second kappa shape index (κ2) is 9.62. The molecule has 2 fully saturated rings. The minimum atomic E-state index is -0.236. The Balaban J connectivity index is 1.23. The average molecular weight is 413 g/mol. The molecule has 0 aromatic carbocycles. The summed E-state index contributed by atoms with van der Waals surface area (Å²) >= 11 is 0. The van der Waals surface area contributed by atoms with Crippen molar-refractivity contribution in [2.75, 3.05) is 26.2 Å². The highest BCUT2D eigenvalue weighted by molar-refractivity contribution is 5.93. The molecule has 4 heterocycles. The van der Waals surface area contributed by atoms with E-state index in [4.69, 9.17) is 4.74 Å². The van der Waals surface area contributed by atoms with Crippen molar-refractivity contribution in [3.8, 4) is 0 Å². The number of carbonyl (C=O) groups excluding carboxylic acids is 1. The highest BCUT2D eigenvalue weighted by atomic mass is 19.1. The van der Waals surface area contributed by atoms with Crippen LogP contribution in [0.1, 0.15) is 48.0 Å².